The molecule has 2 aliphatic heterocycles. The number of carbonyl (C=O) groups is 2. The second-order valence-electron chi connectivity index (χ2n) is 6.34. The number of Topliss-reactive ketones (excluding diaryl/α,β-unsaturated/α-hetero) is 1. The summed E-state index contributed by atoms with van der Waals surface area (Å²) in [6.07, 6.45) is 3.60. The maximum Gasteiger partial charge on any atom is 0.210 e. The van der Waals surface area contributed by atoms with Crippen LogP contribution in [0, 0.1) is 0 Å². The van der Waals surface area contributed by atoms with Gasteiger partial charge in [-0.3, -0.25) is 9.59 Å². The van der Waals surface area contributed by atoms with Crippen molar-refractivity contribution >= 4 is 44.1 Å². The lowest BCUT2D eigenvalue weighted by molar-refractivity contribution is -0.119. The molecule has 3 aliphatic rings. The molecule has 0 radical (unpaired) electrons. The van der Waals surface area contributed by atoms with E-state index in [4.69, 9.17) is 9.47 Å². The number of nitrogens with zero attached hydrogens (tertiary/aromatic N) is 1. The normalized spacial score (nSPS) is 27.6. The minimum absolute atomic E-state index is 0.0366. The van der Waals surface area contributed by atoms with Crippen LogP contribution in [0.15, 0.2) is 21.1 Å². The van der Waals surface area contributed by atoms with Crippen molar-refractivity contribution in [2.75, 3.05) is 13.7 Å². The molecule has 1 aliphatic carbocycles. The molecule has 0 bridgehead atoms. The summed E-state index contributed by atoms with van der Waals surface area (Å²) in [5.41, 5.74) is 1.63. The first-order chi connectivity index (χ1) is 11.5. The molecule has 7 heteroatoms. The molecule has 126 valence electrons. The quantitative estimate of drug-likeness (QED) is 0.641. The van der Waals surface area contributed by atoms with Gasteiger partial charge in [0, 0.05) is 29.5 Å². The minimum Gasteiger partial charge on any atom is -0.493 e. The third kappa shape index (κ3) is 2.10. The zero-order valence-corrected chi connectivity index (χ0v) is 16.1. The van der Waals surface area contributed by atoms with Crippen LogP contribution in [0.1, 0.15) is 24.0 Å². The van der Waals surface area contributed by atoms with E-state index in [-0.39, 0.29) is 11.9 Å². The van der Waals surface area contributed by atoms with Crippen molar-refractivity contribution in [2.24, 2.45) is 0 Å². The number of carbonyl (C=O) groups excluding carboxylic acids is 2. The number of hydrogen-bond acceptors (Lipinski definition) is 4. The number of hydrogen-bond donors (Lipinski definition) is 0. The highest BCUT2D eigenvalue weighted by molar-refractivity contribution is 9.12. The van der Waals surface area contributed by atoms with Crippen LogP contribution < -0.4 is 9.47 Å². The van der Waals surface area contributed by atoms with Crippen LogP contribution in [0.25, 0.3) is 0 Å². The molecule has 4 rings (SSSR count). The van der Waals surface area contributed by atoms with E-state index in [0.717, 1.165) is 22.0 Å². The Morgan fingerprint density at radius 2 is 2.25 bits per heavy atom. The van der Waals surface area contributed by atoms with E-state index in [9.17, 15) is 9.59 Å². The fourth-order valence-electron chi connectivity index (χ4n) is 3.99. The summed E-state index contributed by atoms with van der Waals surface area (Å²) in [6, 6.07) is 1.87. The van der Waals surface area contributed by atoms with E-state index < -0.39 is 5.41 Å². The van der Waals surface area contributed by atoms with Crippen molar-refractivity contribution < 1.29 is 19.1 Å². The van der Waals surface area contributed by atoms with Crippen molar-refractivity contribution in [2.45, 2.75) is 30.9 Å². The summed E-state index contributed by atoms with van der Waals surface area (Å²) in [6.45, 7) is 1.12. The summed E-state index contributed by atoms with van der Waals surface area (Å²) in [5, 5.41) is 0. The molecule has 1 spiro atoms. The van der Waals surface area contributed by atoms with E-state index in [1.54, 1.807) is 12.0 Å². The second-order valence-corrected chi connectivity index (χ2v) is 8.04. The van der Waals surface area contributed by atoms with Gasteiger partial charge >= 0.3 is 0 Å². The summed E-state index contributed by atoms with van der Waals surface area (Å²) in [7, 11) is 1.61. The standard InChI is InChI=1S/C17H15Br2NO4/c1-23-13-4-10(18)9-7-20(8-21)3-2-17-6-11(19)12(22)5-14(17)24-16(13)15(9)17/h4,6,8,14H,2-3,5,7H2,1H3. The predicted molar refractivity (Wildman–Crippen MR) is 94.5 cm³/mol. The van der Waals surface area contributed by atoms with Crippen LogP contribution in [0.5, 0.6) is 11.5 Å². The van der Waals surface area contributed by atoms with Crippen molar-refractivity contribution in [3.05, 3.63) is 32.2 Å². The molecule has 0 N–H and O–H groups in total. The van der Waals surface area contributed by atoms with Gasteiger partial charge in [0.25, 0.3) is 0 Å². The highest BCUT2D eigenvalue weighted by Crippen LogP contribution is 2.57. The molecule has 1 amide bonds. The first kappa shape index (κ1) is 16.1. The lowest BCUT2D eigenvalue weighted by Gasteiger charge is -2.34. The fourth-order valence-corrected chi connectivity index (χ4v) is 5.09. The van der Waals surface area contributed by atoms with E-state index in [1.807, 2.05) is 12.1 Å². The highest BCUT2D eigenvalue weighted by Gasteiger charge is 2.54. The third-order valence-electron chi connectivity index (χ3n) is 5.16. The minimum atomic E-state index is -0.424. The largest absolute Gasteiger partial charge is 0.493 e. The Bertz CT molecular complexity index is 791. The first-order valence-electron chi connectivity index (χ1n) is 7.67. The monoisotopic (exact) mass is 455 g/mol. The number of allylic oxidation sites excluding steroid dienone is 1. The summed E-state index contributed by atoms with van der Waals surface area (Å²) in [5.74, 6) is 1.38. The van der Waals surface area contributed by atoms with Crippen molar-refractivity contribution in [3.8, 4) is 11.5 Å². The summed E-state index contributed by atoms with van der Waals surface area (Å²) in [4.78, 5) is 25.4. The van der Waals surface area contributed by atoms with Gasteiger partial charge in [-0.1, -0.05) is 22.0 Å². The predicted octanol–water partition coefficient (Wildman–Crippen LogP) is 3.07. The Kier molecular flexibility index (Phi) is 3.76. The third-order valence-corrected chi connectivity index (χ3v) is 6.54. The zero-order valence-electron chi connectivity index (χ0n) is 13.0. The lowest BCUT2D eigenvalue weighted by Crippen LogP contribution is -2.42. The van der Waals surface area contributed by atoms with Crippen LogP contribution >= 0.6 is 31.9 Å². The van der Waals surface area contributed by atoms with Gasteiger partial charge in [0.05, 0.1) is 17.0 Å². The van der Waals surface area contributed by atoms with Crippen LogP contribution in [0.3, 0.4) is 0 Å². The first-order valence-corrected chi connectivity index (χ1v) is 9.26. The molecule has 0 fully saturated rings. The lowest BCUT2D eigenvalue weighted by atomic mass is 9.69. The SMILES string of the molecule is COc1cc(Br)c2c3c1OC1CC(=O)C(Br)=CC31CCN(C=O)C2. The summed E-state index contributed by atoms with van der Waals surface area (Å²) < 4.78 is 13.2. The van der Waals surface area contributed by atoms with E-state index >= 15 is 0 Å². The molecular weight excluding hydrogens is 442 g/mol. The summed E-state index contributed by atoms with van der Waals surface area (Å²) >= 11 is 7.03. The Morgan fingerprint density at radius 3 is 2.96 bits per heavy atom. The van der Waals surface area contributed by atoms with Gasteiger partial charge < -0.3 is 14.4 Å². The molecular formula is C17H15Br2NO4. The zero-order chi connectivity index (χ0) is 17.1. The van der Waals surface area contributed by atoms with E-state index in [0.29, 0.717) is 41.9 Å². The van der Waals surface area contributed by atoms with Crippen molar-refractivity contribution in [1.82, 2.24) is 4.90 Å². The Morgan fingerprint density at radius 1 is 1.46 bits per heavy atom. The van der Waals surface area contributed by atoms with Gasteiger partial charge in [-0.05, 0) is 34.0 Å². The van der Waals surface area contributed by atoms with Gasteiger partial charge in [-0.15, -0.1) is 0 Å². The maximum atomic E-state index is 12.2. The molecule has 2 heterocycles. The Balaban J connectivity index is 2.02. The van der Waals surface area contributed by atoms with Gasteiger partial charge in [0.1, 0.15) is 6.10 Å². The topological polar surface area (TPSA) is 55.8 Å². The highest BCUT2D eigenvalue weighted by atomic mass is 79.9. The molecule has 0 aromatic heterocycles. The number of ether oxygens (including phenoxy) is 2. The van der Waals surface area contributed by atoms with Crippen LogP contribution in [-0.4, -0.2) is 36.9 Å². The molecule has 2 atom stereocenters. The molecule has 24 heavy (non-hydrogen) atoms. The number of methoxy groups -OCH3 is 1. The molecule has 0 saturated heterocycles. The molecule has 1 aromatic rings. The smallest absolute Gasteiger partial charge is 0.210 e. The van der Waals surface area contributed by atoms with E-state index in [2.05, 4.69) is 31.9 Å². The van der Waals surface area contributed by atoms with Gasteiger partial charge in [0.2, 0.25) is 6.41 Å². The number of halogens is 2. The van der Waals surface area contributed by atoms with Crippen LogP contribution in [0.2, 0.25) is 0 Å². The van der Waals surface area contributed by atoms with Crippen molar-refractivity contribution in [1.29, 1.82) is 0 Å². The van der Waals surface area contributed by atoms with Gasteiger partial charge in [-0.2, -0.15) is 0 Å². The number of amides is 1. The Hall–Kier alpha value is -1.34. The number of ketones is 1. The molecule has 1 aromatic carbocycles. The Labute approximate surface area is 156 Å². The fraction of sp³-hybridized carbons (Fsp3) is 0.412. The van der Waals surface area contributed by atoms with Gasteiger partial charge in [-0.25, -0.2) is 0 Å². The average molecular weight is 457 g/mol. The van der Waals surface area contributed by atoms with E-state index in [1.165, 1.54) is 0 Å². The number of rotatable bonds is 2. The second kappa shape index (κ2) is 5.59. The van der Waals surface area contributed by atoms with Gasteiger partial charge in [0.15, 0.2) is 17.3 Å². The van der Waals surface area contributed by atoms with Crippen LogP contribution in [0.4, 0.5) is 0 Å². The molecule has 2 unspecified atom stereocenters. The number of benzene rings is 1. The maximum absolute atomic E-state index is 12.2. The average Bonchev–Trinajstić information content (AvgIpc) is 2.77. The molecule has 0 saturated carbocycles. The van der Waals surface area contributed by atoms with Crippen LogP contribution in [-0.2, 0) is 21.5 Å². The van der Waals surface area contributed by atoms with Crippen molar-refractivity contribution in [3.63, 3.8) is 0 Å². The molecule has 5 nitrogen and oxygen atoms in total.